The van der Waals surface area contributed by atoms with Gasteiger partial charge in [0.1, 0.15) is 12.0 Å². The SMILES string of the molecule is COC(=O)OCSC1CCN([C@H](C(=O)OC)c2ccccc2Cl)C/C1=C/C(=O)O. The van der Waals surface area contributed by atoms with Crippen molar-refractivity contribution < 1.29 is 33.7 Å². The summed E-state index contributed by atoms with van der Waals surface area (Å²) in [4.78, 5) is 36.8. The van der Waals surface area contributed by atoms with Crippen LogP contribution < -0.4 is 0 Å². The lowest BCUT2D eigenvalue weighted by Gasteiger charge is -2.37. The van der Waals surface area contributed by atoms with Crippen molar-refractivity contribution in [2.45, 2.75) is 17.7 Å². The van der Waals surface area contributed by atoms with Crippen molar-refractivity contribution in [1.29, 1.82) is 0 Å². The lowest BCUT2D eigenvalue weighted by molar-refractivity contribution is -0.147. The van der Waals surface area contributed by atoms with Gasteiger partial charge in [0.05, 0.1) is 14.2 Å². The van der Waals surface area contributed by atoms with E-state index in [2.05, 4.69) is 4.74 Å². The molecule has 8 nitrogen and oxygen atoms in total. The van der Waals surface area contributed by atoms with Crippen molar-refractivity contribution >= 4 is 41.5 Å². The number of thioether (sulfide) groups is 1. The summed E-state index contributed by atoms with van der Waals surface area (Å²) in [6.45, 7) is 0.727. The molecule has 1 aromatic carbocycles. The highest BCUT2D eigenvalue weighted by Crippen LogP contribution is 2.35. The molecule has 0 amide bonds. The number of nitrogens with zero attached hydrogens (tertiary/aromatic N) is 1. The number of likely N-dealkylation sites (tertiary alicyclic amines) is 1. The van der Waals surface area contributed by atoms with Crippen molar-refractivity contribution in [2.24, 2.45) is 0 Å². The quantitative estimate of drug-likeness (QED) is 0.386. The van der Waals surface area contributed by atoms with Crippen molar-refractivity contribution in [3.63, 3.8) is 0 Å². The normalized spacial score (nSPS) is 19.4. The third-order valence-electron chi connectivity index (χ3n) is 4.39. The number of piperidine rings is 1. The first-order chi connectivity index (χ1) is 13.9. The number of carbonyl (C=O) groups is 3. The second-order valence-electron chi connectivity index (χ2n) is 6.14. The van der Waals surface area contributed by atoms with Gasteiger partial charge in [-0.3, -0.25) is 4.90 Å². The van der Waals surface area contributed by atoms with Crippen LogP contribution >= 0.6 is 23.4 Å². The molecule has 0 aromatic heterocycles. The van der Waals surface area contributed by atoms with E-state index in [0.717, 1.165) is 6.08 Å². The molecular weight excluding hydrogens is 422 g/mol. The van der Waals surface area contributed by atoms with Crippen LogP contribution in [0.2, 0.25) is 5.02 Å². The number of rotatable bonds is 7. The molecule has 0 saturated carbocycles. The maximum absolute atomic E-state index is 12.5. The first-order valence-corrected chi connectivity index (χ1v) is 10.1. The Morgan fingerprint density at radius 2 is 2.03 bits per heavy atom. The van der Waals surface area contributed by atoms with Gasteiger partial charge in [0, 0.05) is 29.4 Å². The maximum Gasteiger partial charge on any atom is 0.508 e. The number of carboxylic acid groups (broad SMARTS) is 1. The Bertz CT molecular complexity index is 786. The monoisotopic (exact) mass is 443 g/mol. The van der Waals surface area contributed by atoms with E-state index in [-0.39, 0.29) is 17.7 Å². The Labute approximate surface area is 177 Å². The Morgan fingerprint density at radius 1 is 1.31 bits per heavy atom. The molecule has 1 saturated heterocycles. The standard InChI is InChI=1S/C19H22ClNO7S/c1-26-18(24)17(13-5-3-4-6-14(13)20)21-8-7-15(12(10-21)9-16(22)23)29-11-28-19(25)27-2/h3-6,9,15,17H,7-8,10-11H2,1-2H3,(H,22,23)/b12-9-/t15?,17-/m0/s1. The molecule has 0 bridgehead atoms. The van der Waals surface area contributed by atoms with Crippen molar-refractivity contribution in [3.8, 4) is 0 Å². The van der Waals surface area contributed by atoms with Gasteiger partial charge in [-0.1, -0.05) is 29.8 Å². The van der Waals surface area contributed by atoms with Crippen LogP contribution in [0.5, 0.6) is 0 Å². The van der Waals surface area contributed by atoms with Gasteiger partial charge >= 0.3 is 18.1 Å². The molecule has 0 spiro atoms. The summed E-state index contributed by atoms with van der Waals surface area (Å²) >= 11 is 7.59. The molecular formula is C19H22ClNO7S. The van der Waals surface area contributed by atoms with Gasteiger partial charge in [0.25, 0.3) is 0 Å². The van der Waals surface area contributed by atoms with Gasteiger partial charge in [-0.2, -0.15) is 0 Å². The number of benzene rings is 1. The number of hydrogen-bond donors (Lipinski definition) is 1. The molecule has 29 heavy (non-hydrogen) atoms. The zero-order chi connectivity index (χ0) is 21.4. The van der Waals surface area contributed by atoms with Gasteiger partial charge in [0.15, 0.2) is 0 Å². The molecule has 2 rings (SSSR count). The van der Waals surface area contributed by atoms with Crippen LogP contribution in [0.4, 0.5) is 4.79 Å². The van der Waals surface area contributed by atoms with Gasteiger partial charge in [-0.25, -0.2) is 14.4 Å². The van der Waals surface area contributed by atoms with E-state index in [1.54, 1.807) is 24.3 Å². The number of esters is 1. The lowest BCUT2D eigenvalue weighted by atomic mass is 9.98. The van der Waals surface area contributed by atoms with E-state index in [1.807, 2.05) is 4.90 Å². The second kappa shape index (κ2) is 11.1. The number of hydrogen-bond acceptors (Lipinski definition) is 8. The predicted octanol–water partition coefficient (Wildman–Crippen LogP) is 3.11. The minimum atomic E-state index is -1.09. The summed E-state index contributed by atoms with van der Waals surface area (Å²) < 4.78 is 14.3. The van der Waals surface area contributed by atoms with Gasteiger partial charge in [-0.05, 0) is 23.6 Å². The topological polar surface area (TPSA) is 102 Å². The molecule has 0 aliphatic carbocycles. The number of halogens is 1. The van der Waals surface area contributed by atoms with Crippen LogP contribution in [-0.4, -0.2) is 66.6 Å². The molecule has 1 aliphatic heterocycles. The van der Waals surface area contributed by atoms with Crippen LogP contribution in [0.15, 0.2) is 35.9 Å². The van der Waals surface area contributed by atoms with E-state index in [1.165, 1.54) is 26.0 Å². The average Bonchev–Trinajstić information content (AvgIpc) is 2.70. The van der Waals surface area contributed by atoms with E-state index in [9.17, 15) is 19.5 Å². The number of methoxy groups -OCH3 is 2. The minimum absolute atomic E-state index is 0.0270. The van der Waals surface area contributed by atoms with Crippen LogP contribution in [0.1, 0.15) is 18.0 Å². The summed E-state index contributed by atoms with van der Waals surface area (Å²) in [6, 6.07) is 6.21. The number of ether oxygens (including phenoxy) is 3. The molecule has 1 N–H and O–H groups in total. The third-order valence-corrected chi connectivity index (χ3v) is 5.93. The zero-order valence-corrected chi connectivity index (χ0v) is 17.6. The Balaban J connectivity index is 2.22. The van der Waals surface area contributed by atoms with Crippen molar-refractivity contribution in [3.05, 3.63) is 46.5 Å². The highest BCUT2D eigenvalue weighted by molar-refractivity contribution is 7.99. The number of aliphatic carboxylic acids is 1. The maximum atomic E-state index is 12.5. The van der Waals surface area contributed by atoms with Gasteiger partial charge in [-0.15, -0.1) is 11.8 Å². The molecule has 1 aromatic rings. The van der Waals surface area contributed by atoms with E-state index in [0.29, 0.717) is 29.1 Å². The Hall–Kier alpha value is -2.23. The lowest BCUT2D eigenvalue weighted by Crippen LogP contribution is -2.43. The van der Waals surface area contributed by atoms with Gasteiger partial charge < -0.3 is 19.3 Å². The summed E-state index contributed by atoms with van der Waals surface area (Å²) in [6.07, 6.45) is 0.873. The smallest absolute Gasteiger partial charge is 0.478 e. The van der Waals surface area contributed by atoms with E-state index in [4.69, 9.17) is 21.1 Å². The van der Waals surface area contributed by atoms with Crippen LogP contribution in [0.3, 0.4) is 0 Å². The van der Waals surface area contributed by atoms with Gasteiger partial charge in [0.2, 0.25) is 0 Å². The Kier molecular flexibility index (Phi) is 8.81. The molecule has 2 atom stereocenters. The highest BCUT2D eigenvalue weighted by Gasteiger charge is 2.35. The summed E-state index contributed by atoms with van der Waals surface area (Å²) in [5.74, 6) is -1.54. The first-order valence-electron chi connectivity index (χ1n) is 8.69. The van der Waals surface area contributed by atoms with E-state index < -0.39 is 24.1 Å². The summed E-state index contributed by atoms with van der Waals surface area (Å²) in [7, 11) is 2.51. The zero-order valence-electron chi connectivity index (χ0n) is 16.0. The molecule has 1 fully saturated rings. The van der Waals surface area contributed by atoms with Crippen molar-refractivity contribution in [1.82, 2.24) is 4.90 Å². The number of carboxylic acids is 1. The Morgan fingerprint density at radius 3 is 2.66 bits per heavy atom. The minimum Gasteiger partial charge on any atom is -0.478 e. The fourth-order valence-corrected chi connectivity index (χ4v) is 4.29. The summed E-state index contributed by atoms with van der Waals surface area (Å²) in [5, 5.41) is 9.50. The second-order valence-corrected chi connectivity index (χ2v) is 7.68. The molecule has 158 valence electrons. The third kappa shape index (κ3) is 6.38. The average molecular weight is 444 g/mol. The first kappa shape index (κ1) is 23.1. The fourth-order valence-electron chi connectivity index (χ4n) is 3.10. The fraction of sp³-hybridized carbons (Fsp3) is 0.421. The highest BCUT2D eigenvalue weighted by atomic mass is 35.5. The predicted molar refractivity (Wildman–Crippen MR) is 108 cm³/mol. The number of carbonyl (C=O) groups excluding carboxylic acids is 2. The van der Waals surface area contributed by atoms with Crippen LogP contribution in [-0.2, 0) is 23.8 Å². The summed E-state index contributed by atoms with van der Waals surface area (Å²) in [5.41, 5.74) is 1.19. The van der Waals surface area contributed by atoms with E-state index >= 15 is 0 Å². The van der Waals surface area contributed by atoms with Crippen LogP contribution in [0, 0.1) is 0 Å². The molecule has 1 heterocycles. The van der Waals surface area contributed by atoms with Crippen LogP contribution in [0.25, 0.3) is 0 Å². The molecule has 1 aliphatic rings. The molecule has 1 unspecified atom stereocenters. The molecule has 10 heteroatoms. The largest absolute Gasteiger partial charge is 0.508 e. The van der Waals surface area contributed by atoms with Crippen molar-refractivity contribution in [2.75, 3.05) is 33.2 Å². The molecule has 0 radical (unpaired) electrons.